The van der Waals surface area contributed by atoms with Gasteiger partial charge < -0.3 is 19.4 Å². The molecule has 0 aliphatic heterocycles. The summed E-state index contributed by atoms with van der Waals surface area (Å²) in [6, 6.07) is 3.14. The smallest absolute Gasteiger partial charge is 0.335 e. The Labute approximate surface area is 189 Å². The number of aliphatic hydroxyl groups is 2. The van der Waals surface area contributed by atoms with E-state index in [0.29, 0.717) is 18.3 Å². The predicted octanol–water partition coefficient (Wildman–Crippen LogP) is 3.64. The summed E-state index contributed by atoms with van der Waals surface area (Å²) in [5.74, 6) is -0.0349. The topological polar surface area (TPSA) is 97.0 Å². The van der Waals surface area contributed by atoms with Gasteiger partial charge in [0.05, 0.1) is 31.0 Å². The maximum Gasteiger partial charge on any atom is 0.335 e. The molecule has 0 aromatic carbocycles. The average molecular weight is 445 g/mol. The van der Waals surface area contributed by atoms with E-state index in [1.54, 1.807) is 6.07 Å². The first kappa shape index (κ1) is 22.1. The Kier molecular flexibility index (Phi) is 5.14. The SMILES string of the molecule is COC(=O)[C@H]1CC2(O)C3CCC4CC(O)CCC4(C)C3CCC2(C)C1c1ccc(=O)oc1. The normalized spacial score (nSPS) is 47.8. The summed E-state index contributed by atoms with van der Waals surface area (Å²) in [5, 5.41) is 22.7. The van der Waals surface area contributed by atoms with Crippen LogP contribution in [0.15, 0.2) is 27.6 Å². The van der Waals surface area contributed by atoms with E-state index in [2.05, 4.69) is 13.8 Å². The highest BCUT2D eigenvalue weighted by atomic mass is 16.5. The van der Waals surface area contributed by atoms with Crippen molar-refractivity contribution in [2.45, 2.75) is 82.8 Å². The quantitative estimate of drug-likeness (QED) is 0.676. The molecule has 8 unspecified atom stereocenters. The molecule has 0 bridgehead atoms. The number of methoxy groups -OCH3 is 1. The number of ether oxygens (including phenoxy) is 1. The number of esters is 1. The Hall–Kier alpha value is -1.66. The minimum Gasteiger partial charge on any atom is -0.469 e. The third-order valence-electron chi connectivity index (χ3n) is 10.4. The maximum absolute atomic E-state index is 12.9. The van der Waals surface area contributed by atoms with E-state index in [0.717, 1.165) is 50.5 Å². The molecule has 0 radical (unpaired) electrons. The minimum absolute atomic E-state index is 0.116. The lowest BCUT2D eigenvalue weighted by Gasteiger charge is -2.63. The average Bonchev–Trinajstić information content (AvgIpc) is 3.02. The van der Waals surface area contributed by atoms with Crippen molar-refractivity contribution in [2.24, 2.45) is 34.5 Å². The molecule has 176 valence electrons. The number of aliphatic hydroxyl groups excluding tert-OH is 1. The third-order valence-corrected chi connectivity index (χ3v) is 10.4. The van der Waals surface area contributed by atoms with Crippen molar-refractivity contribution in [1.29, 1.82) is 0 Å². The van der Waals surface area contributed by atoms with Crippen molar-refractivity contribution < 1.29 is 24.2 Å². The monoisotopic (exact) mass is 444 g/mol. The van der Waals surface area contributed by atoms with Gasteiger partial charge in [0.15, 0.2) is 0 Å². The van der Waals surface area contributed by atoms with E-state index >= 15 is 0 Å². The summed E-state index contributed by atoms with van der Waals surface area (Å²) in [6.45, 7) is 4.50. The molecule has 4 aliphatic rings. The van der Waals surface area contributed by atoms with Gasteiger partial charge in [-0.2, -0.15) is 0 Å². The van der Waals surface area contributed by atoms with Crippen molar-refractivity contribution in [3.8, 4) is 0 Å². The van der Waals surface area contributed by atoms with Gasteiger partial charge >= 0.3 is 11.6 Å². The highest BCUT2D eigenvalue weighted by Gasteiger charge is 2.70. The molecule has 6 heteroatoms. The second-order valence-electron chi connectivity index (χ2n) is 11.5. The van der Waals surface area contributed by atoms with Crippen molar-refractivity contribution in [1.82, 2.24) is 0 Å². The molecule has 1 aromatic heterocycles. The van der Waals surface area contributed by atoms with Crippen LogP contribution < -0.4 is 5.63 Å². The molecule has 4 fully saturated rings. The fraction of sp³-hybridized carbons (Fsp3) is 0.769. The summed E-state index contributed by atoms with van der Waals surface area (Å²) in [5.41, 5.74) is -1.00. The Morgan fingerprint density at radius 3 is 2.59 bits per heavy atom. The van der Waals surface area contributed by atoms with Gasteiger partial charge in [0.25, 0.3) is 0 Å². The standard InChI is InChI=1S/C26H36O6/c1-24-10-8-17(27)12-16(24)5-6-20-19(24)9-11-25(2)22(15-4-7-21(28)32-14-15)18(23(29)31-3)13-26(20,25)30/h4,7,14,16-20,22,27,30H,5-6,8-13H2,1-3H3/t16?,17?,18-,19?,20?,22?,24?,25?,26?/m0/s1. The second kappa shape index (κ2) is 7.42. The van der Waals surface area contributed by atoms with Crippen LogP contribution in [0.1, 0.15) is 76.7 Å². The molecule has 0 amide bonds. The van der Waals surface area contributed by atoms with E-state index < -0.39 is 22.6 Å². The summed E-state index contributed by atoms with van der Waals surface area (Å²) >= 11 is 0. The lowest BCUT2D eigenvalue weighted by molar-refractivity contribution is -0.205. The summed E-state index contributed by atoms with van der Waals surface area (Å²) in [7, 11) is 1.40. The van der Waals surface area contributed by atoms with Crippen LogP contribution in [-0.4, -0.2) is 35.0 Å². The van der Waals surface area contributed by atoms with Crippen LogP contribution in [0.5, 0.6) is 0 Å². The van der Waals surface area contributed by atoms with Crippen molar-refractivity contribution in [3.05, 3.63) is 34.4 Å². The van der Waals surface area contributed by atoms with E-state index in [1.165, 1.54) is 19.4 Å². The molecule has 6 nitrogen and oxygen atoms in total. The summed E-state index contributed by atoms with van der Waals surface area (Å²) < 4.78 is 10.4. The van der Waals surface area contributed by atoms with Crippen molar-refractivity contribution in [3.63, 3.8) is 0 Å². The first-order valence-corrected chi connectivity index (χ1v) is 12.2. The van der Waals surface area contributed by atoms with Crippen LogP contribution in [-0.2, 0) is 9.53 Å². The van der Waals surface area contributed by atoms with E-state index in [1.807, 2.05) is 0 Å². The van der Waals surface area contributed by atoms with Gasteiger partial charge in [-0.3, -0.25) is 4.79 Å². The fourth-order valence-corrected chi connectivity index (χ4v) is 8.80. The Morgan fingerprint density at radius 2 is 1.91 bits per heavy atom. The van der Waals surface area contributed by atoms with Crippen molar-refractivity contribution >= 4 is 5.97 Å². The number of fused-ring (bicyclic) bond motifs is 5. The molecular weight excluding hydrogens is 408 g/mol. The maximum atomic E-state index is 12.9. The molecule has 2 N–H and O–H groups in total. The van der Waals surface area contributed by atoms with Crippen LogP contribution in [0.3, 0.4) is 0 Å². The molecule has 32 heavy (non-hydrogen) atoms. The predicted molar refractivity (Wildman–Crippen MR) is 118 cm³/mol. The number of rotatable bonds is 2. The second-order valence-corrected chi connectivity index (χ2v) is 11.5. The number of carbonyl (C=O) groups is 1. The lowest BCUT2D eigenvalue weighted by Crippen LogP contribution is -2.62. The molecule has 4 aliphatic carbocycles. The first-order valence-electron chi connectivity index (χ1n) is 12.2. The van der Waals surface area contributed by atoms with Crippen LogP contribution in [0.2, 0.25) is 0 Å². The molecule has 9 atom stereocenters. The number of hydrogen-bond donors (Lipinski definition) is 2. The van der Waals surface area contributed by atoms with Gasteiger partial charge in [0.2, 0.25) is 0 Å². The largest absolute Gasteiger partial charge is 0.469 e. The van der Waals surface area contributed by atoms with Crippen LogP contribution in [0, 0.1) is 34.5 Å². The molecule has 1 heterocycles. The molecule has 4 saturated carbocycles. The number of carbonyl (C=O) groups excluding carboxylic acids is 1. The molecular formula is C26H36O6. The Balaban J connectivity index is 1.56. The lowest BCUT2D eigenvalue weighted by atomic mass is 9.43. The van der Waals surface area contributed by atoms with E-state index in [9.17, 15) is 19.8 Å². The van der Waals surface area contributed by atoms with Crippen LogP contribution in [0.4, 0.5) is 0 Å². The summed E-state index contributed by atoms with van der Waals surface area (Å²) in [6.07, 6.45) is 8.11. The highest BCUT2D eigenvalue weighted by Crippen LogP contribution is 2.71. The molecule has 1 aromatic rings. The van der Waals surface area contributed by atoms with Crippen LogP contribution in [0.25, 0.3) is 0 Å². The zero-order valence-corrected chi connectivity index (χ0v) is 19.4. The Bertz CT molecular complexity index is 935. The van der Waals surface area contributed by atoms with Gasteiger partial charge in [-0.15, -0.1) is 0 Å². The third kappa shape index (κ3) is 2.91. The van der Waals surface area contributed by atoms with Crippen molar-refractivity contribution in [2.75, 3.05) is 7.11 Å². The first-order chi connectivity index (χ1) is 15.1. The number of hydrogen-bond acceptors (Lipinski definition) is 6. The molecule has 0 spiro atoms. The van der Waals surface area contributed by atoms with Crippen LogP contribution >= 0.6 is 0 Å². The van der Waals surface area contributed by atoms with Gasteiger partial charge in [-0.05, 0) is 86.2 Å². The minimum atomic E-state index is -0.986. The summed E-state index contributed by atoms with van der Waals surface area (Å²) in [4.78, 5) is 24.5. The van der Waals surface area contributed by atoms with Gasteiger partial charge in [0, 0.05) is 17.4 Å². The van der Waals surface area contributed by atoms with E-state index in [-0.39, 0.29) is 29.3 Å². The fourth-order valence-electron chi connectivity index (χ4n) is 8.80. The highest BCUT2D eigenvalue weighted by molar-refractivity contribution is 5.75. The van der Waals surface area contributed by atoms with Gasteiger partial charge in [-0.1, -0.05) is 13.8 Å². The van der Waals surface area contributed by atoms with E-state index in [4.69, 9.17) is 9.15 Å². The zero-order valence-electron chi connectivity index (χ0n) is 19.4. The molecule has 0 saturated heterocycles. The Morgan fingerprint density at radius 1 is 1.12 bits per heavy atom. The van der Waals surface area contributed by atoms with Gasteiger partial charge in [0.1, 0.15) is 0 Å². The van der Waals surface area contributed by atoms with Gasteiger partial charge in [-0.25, -0.2) is 4.79 Å². The zero-order chi connectivity index (χ0) is 22.9. The molecule has 5 rings (SSSR count).